The van der Waals surface area contributed by atoms with Crippen LogP contribution in [0.3, 0.4) is 0 Å². The summed E-state index contributed by atoms with van der Waals surface area (Å²) in [5.41, 5.74) is 2.11. The third-order valence-corrected chi connectivity index (χ3v) is 4.29. The van der Waals surface area contributed by atoms with Gasteiger partial charge in [-0.3, -0.25) is 10.1 Å². The minimum atomic E-state index is -0.400. The summed E-state index contributed by atoms with van der Waals surface area (Å²) in [6.45, 7) is 4.58. The second kappa shape index (κ2) is 6.34. The van der Waals surface area contributed by atoms with Crippen LogP contribution in [0.2, 0.25) is 0 Å². The number of nitrogens with zero attached hydrogens (tertiary/aromatic N) is 4. The van der Waals surface area contributed by atoms with Gasteiger partial charge in [-0.2, -0.15) is 0 Å². The van der Waals surface area contributed by atoms with E-state index in [4.69, 9.17) is 0 Å². The molecule has 0 aliphatic carbocycles. The zero-order valence-electron chi connectivity index (χ0n) is 13.3. The van der Waals surface area contributed by atoms with Gasteiger partial charge < -0.3 is 9.80 Å². The van der Waals surface area contributed by atoms with Gasteiger partial charge in [-0.1, -0.05) is 30.3 Å². The molecule has 1 fully saturated rings. The van der Waals surface area contributed by atoms with Crippen molar-refractivity contribution >= 4 is 11.5 Å². The van der Waals surface area contributed by atoms with Crippen molar-refractivity contribution in [3.63, 3.8) is 0 Å². The molecular weight excluding hydrogens is 292 g/mol. The maximum absolute atomic E-state index is 10.9. The Hall–Kier alpha value is -2.47. The van der Waals surface area contributed by atoms with Crippen LogP contribution >= 0.6 is 0 Å². The van der Waals surface area contributed by atoms with Gasteiger partial charge in [-0.05, 0) is 25.1 Å². The van der Waals surface area contributed by atoms with Gasteiger partial charge in [0.25, 0.3) is 5.69 Å². The minimum Gasteiger partial charge on any atom is -0.347 e. The summed E-state index contributed by atoms with van der Waals surface area (Å²) in [5.74, 6) is 0.831. The molecule has 0 spiro atoms. The van der Waals surface area contributed by atoms with E-state index in [1.807, 2.05) is 25.1 Å². The van der Waals surface area contributed by atoms with Crippen molar-refractivity contribution in [2.45, 2.75) is 13.0 Å². The Morgan fingerprint density at radius 2 is 2.00 bits per heavy atom. The molecule has 1 aromatic heterocycles. The highest BCUT2D eigenvalue weighted by Crippen LogP contribution is 2.32. The van der Waals surface area contributed by atoms with E-state index in [-0.39, 0.29) is 11.7 Å². The van der Waals surface area contributed by atoms with Crippen molar-refractivity contribution in [1.29, 1.82) is 0 Å². The number of hydrogen-bond donors (Lipinski definition) is 0. The fraction of sp³-hybridized carbons (Fsp3) is 0.353. The van der Waals surface area contributed by atoms with E-state index < -0.39 is 4.92 Å². The van der Waals surface area contributed by atoms with Crippen LogP contribution in [0, 0.1) is 17.0 Å². The maximum Gasteiger partial charge on any atom is 0.287 e. The molecule has 1 unspecified atom stereocenters. The lowest BCUT2D eigenvalue weighted by Crippen LogP contribution is -2.47. The molecule has 1 aliphatic rings. The van der Waals surface area contributed by atoms with E-state index in [9.17, 15) is 10.1 Å². The normalized spacial score (nSPS) is 18.9. The molecule has 0 saturated carbocycles. The van der Waals surface area contributed by atoms with E-state index in [1.54, 1.807) is 6.07 Å². The quantitative estimate of drug-likeness (QED) is 0.644. The molecule has 2 heterocycles. The second-order valence-corrected chi connectivity index (χ2v) is 5.97. The first-order valence-electron chi connectivity index (χ1n) is 7.67. The van der Waals surface area contributed by atoms with E-state index in [1.165, 1.54) is 11.8 Å². The number of anilines is 1. The summed E-state index contributed by atoms with van der Waals surface area (Å²) in [4.78, 5) is 19.5. The Bertz CT molecular complexity index is 705. The van der Waals surface area contributed by atoms with Crippen molar-refractivity contribution in [3.8, 4) is 0 Å². The van der Waals surface area contributed by atoms with Crippen molar-refractivity contribution in [2.24, 2.45) is 0 Å². The van der Waals surface area contributed by atoms with Gasteiger partial charge in [0.2, 0.25) is 0 Å². The number of hydrogen-bond acceptors (Lipinski definition) is 5. The van der Waals surface area contributed by atoms with Gasteiger partial charge in [0.15, 0.2) is 0 Å². The van der Waals surface area contributed by atoms with Gasteiger partial charge in [0.05, 0.1) is 11.0 Å². The third kappa shape index (κ3) is 3.17. The number of rotatable bonds is 3. The van der Waals surface area contributed by atoms with Gasteiger partial charge in [-0.25, -0.2) is 4.98 Å². The van der Waals surface area contributed by atoms with Crippen molar-refractivity contribution in [2.75, 3.05) is 31.6 Å². The van der Waals surface area contributed by atoms with Gasteiger partial charge in [-0.15, -0.1) is 0 Å². The number of nitro groups is 1. The first-order valence-corrected chi connectivity index (χ1v) is 7.67. The summed E-state index contributed by atoms with van der Waals surface area (Å²) in [6, 6.07) is 12.1. The summed E-state index contributed by atoms with van der Waals surface area (Å²) in [5, 5.41) is 10.9. The summed E-state index contributed by atoms with van der Waals surface area (Å²) >= 11 is 0. The summed E-state index contributed by atoms with van der Waals surface area (Å²) in [6.07, 6.45) is 1.35. The molecule has 2 aromatic rings. The molecule has 6 nitrogen and oxygen atoms in total. The average molecular weight is 312 g/mol. The number of piperazine rings is 1. The third-order valence-electron chi connectivity index (χ3n) is 4.29. The van der Waals surface area contributed by atoms with E-state index in [0.29, 0.717) is 0 Å². The zero-order chi connectivity index (χ0) is 16.4. The largest absolute Gasteiger partial charge is 0.347 e. The lowest BCUT2D eigenvalue weighted by Gasteiger charge is -2.41. The Morgan fingerprint density at radius 1 is 1.26 bits per heavy atom. The van der Waals surface area contributed by atoms with Crippen molar-refractivity contribution in [3.05, 3.63) is 63.8 Å². The van der Waals surface area contributed by atoms with Crippen molar-refractivity contribution in [1.82, 2.24) is 9.88 Å². The molecule has 120 valence electrons. The van der Waals surface area contributed by atoms with Crippen LogP contribution in [0.25, 0.3) is 0 Å². The second-order valence-electron chi connectivity index (χ2n) is 5.97. The molecule has 1 saturated heterocycles. The molecule has 1 atom stereocenters. The van der Waals surface area contributed by atoms with Crippen LogP contribution in [0.4, 0.5) is 11.5 Å². The Morgan fingerprint density at radius 3 is 2.65 bits per heavy atom. The Balaban J connectivity index is 1.97. The first-order chi connectivity index (χ1) is 11.1. The summed E-state index contributed by atoms with van der Waals surface area (Å²) in [7, 11) is 2.11. The van der Waals surface area contributed by atoms with Crippen LogP contribution in [-0.4, -0.2) is 41.5 Å². The van der Waals surface area contributed by atoms with Crippen LogP contribution in [0.1, 0.15) is 17.2 Å². The van der Waals surface area contributed by atoms with E-state index in [0.717, 1.165) is 31.0 Å². The first kappa shape index (κ1) is 15.4. The van der Waals surface area contributed by atoms with Crippen LogP contribution in [0.5, 0.6) is 0 Å². The SMILES string of the molecule is Cc1cc([N+](=O)[O-])cnc1N1CCN(C)CC1c1ccccc1. The Kier molecular flexibility index (Phi) is 4.25. The predicted molar refractivity (Wildman–Crippen MR) is 89.7 cm³/mol. The number of benzene rings is 1. The van der Waals surface area contributed by atoms with Gasteiger partial charge >= 0.3 is 0 Å². The highest BCUT2D eigenvalue weighted by Gasteiger charge is 2.29. The molecule has 6 heteroatoms. The highest BCUT2D eigenvalue weighted by molar-refractivity contribution is 5.53. The zero-order valence-corrected chi connectivity index (χ0v) is 13.3. The van der Waals surface area contributed by atoms with Crippen LogP contribution in [0.15, 0.2) is 42.6 Å². The number of aromatic nitrogens is 1. The average Bonchev–Trinajstić information content (AvgIpc) is 2.56. The van der Waals surface area contributed by atoms with Gasteiger partial charge in [0, 0.05) is 25.7 Å². The molecule has 1 aromatic carbocycles. The number of aryl methyl sites for hydroxylation is 1. The lowest BCUT2D eigenvalue weighted by atomic mass is 10.0. The summed E-state index contributed by atoms with van der Waals surface area (Å²) < 4.78 is 0. The minimum absolute atomic E-state index is 0.0386. The molecular formula is C17H20N4O2. The maximum atomic E-state index is 10.9. The van der Waals surface area contributed by atoms with Crippen LogP contribution < -0.4 is 4.90 Å². The fourth-order valence-corrected chi connectivity index (χ4v) is 3.09. The Labute approximate surface area is 135 Å². The monoisotopic (exact) mass is 312 g/mol. The highest BCUT2D eigenvalue weighted by atomic mass is 16.6. The van der Waals surface area contributed by atoms with E-state index in [2.05, 4.69) is 34.0 Å². The van der Waals surface area contributed by atoms with Crippen molar-refractivity contribution < 1.29 is 4.92 Å². The number of likely N-dealkylation sites (N-methyl/N-ethyl adjacent to an activating group) is 1. The molecule has 23 heavy (non-hydrogen) atoms. The molecule has 0 amide bonds. The fourth-order valence-electron chi connectivity index (χ4n) is 3.09. The lowest BCUT2D eigenvalue weighted by molar-refractivity contribution is -0.385. The molecule has 0 N–H and O–H groups in total. The van der Waals surface area contributed by atoms with E-state index >= 15 is 0 Å². The molecule has 3 rings (SSSR count). The molecule has 1 aliphatic heterocycles. The molecule has 0 bridgehead atoms. The predicted octanol–water partition coefficient (Wildman–Crippen LogP) is 2.79. The smallest absolute Gasteiger partial charge is 0.287 e. The van der Waals surface area contributed by atoms with Crippen LogP contribution in [-0.2, 0) is 0 Å². The number of pyridine rings is 1. The standard InChI is InChI=1S/C17H20N4O2/c1-13-10-15(21(22)23)11-18-17(13)20-9-8-19(2)12-16(20)14-6-4-3-5-7-14/h3-7,10-11,16H,8-9,12H2,1-2H3. The van der Waals surface area contributed by atoms with Gasteiger partial charge in [0.1, 0.15) is 12.0 Å². The molecule has 0 radical (unpaired) electrons. The topological polar surface area (TPSA) is 62.5 Å².